The second-order valence-corrected chi connectivity index (χ2v) is 7.45. The second kappa shape index (κ2) is 5.07. The lowest BCUT2D eigenvalue weighted by Gasteiger charge is -2.43. The SMILES string of the molecule is O=C(O)c1ccc2c(c1)[C@@H]1[C@H]3CC[C@@H](C3)[C@H]1[C@@H](c1cccnc1)N2. The Morgan fingerprint density at radius 3 is 2.88 bits per heavy atom. The average Bonchev–Trinajstić information content (AvgIpc) is 3.23. The highest BCUT2D eigenvalue weighted by Gasteiger charge is 2.53. The van der Waals surface area contributed by atoms with Crippen LogP contribution in [0.25, 0.3) is 0 Å². The molecule has 1 aromatic heterocycles. The minimum absolute atomic E-state index is 0.280. The molecule has 1 aliphatic heterocycles. The number of rotatable bonds is 2. The van der Waals surface area contributed by atoms with E-state index in [0.29, 0.717) is 23.3 Å². The van der Waals surface area contributed by atoms with E-state index >= 15 is 0 Å². The number of pyridine rings is 1. The van der Waals surface area contributed by atoms with Crippen molar-refractivity contribution in [1.29, 1.82) is 0 Å². The van der Waals surface area contributed by atoms with Gasteiger partial charge in [0, 0.05) is 18.1 Å². The van der Waals surface area contributed by atoms with Gasteiger partial charge >= 0.3 is 5.97 Å². The lowest BCUT2D eigenvalue weighted by molar-refractivity contribution is 0.0696. The topological polar surface area (TPSA) is 62.2 Å². The molecule has 122 valence electrons. The highest BCUT2D eigenvalue weighted by molar-refractivity contribution is 5.88. The third-order valence-electron chi connectivity index (χ3n) is 6.38. The molecule has 2 N–H and O–H groups in total. The van der Waals surface area contributed by atoms with Gasteiger partial charge in [-0.3, -0.25) is 4.98 Å². The molecule has 2 bridgehead atoms. The Kier molecular flexibility index (Phi) is 2.96. The van der Waals surface area contributed by atoms with E-state index in [4.69, 9.17) is 0 Å². The van der Waals surface area contributed by atoms with Crippen molar-refractivity contribution in [2.24, 2.45) is 17.8 Å². The van der Waals surface area contributed by atoms with Crippen molar-refractivity contribution >= 4 is 11.7 Å². The van der Waals surface area contributed by atoms with Crippen molar-refractivity contribution in [2.45, 2.75) is 31.2 Å². The first kappa shape index (κ1) is 14.0. The van der Waals surface area contributed by atoms with Crippen molar-refractivity contribution < 1.29 is 9.90 Å². The van der Waals surface area contributed by atoms with E-state index in [1.807, 2.05) is 30.6 Å². The predicted octanol–water partition coefficient (Wildman–Crippen LogP) is 4.08. The van der Waals surface area contributed by atoms with Crippen molar-refractivity contribution in [2.75, 3.05) is 5.32 Å². The number of hydrogen-bond acceptors (Lipinski definition) is 3. The van der Waals surface area contributed by atoms with E-state index in [2.05, 4.69) is 16.4 Å². The summed E-state index contributed by atoms with van der Waals surface area (Å²) in [6.45, 7) is 0. The molecule has 5 rings (SSSR count). The van der Waals surface area contributed by atoms with Crippen molar-refractivity contribution in [1.82, 2.24) is 4.98 Å². The van der Waals surface area contributed by atoms with Gasteiger partial charge in [0.15, 0.2) is 0 Å². The maximum atomic E-state index is 11.4. The lowest BCUT2D eigenvalue weighted by atomic mass is 9.68. The molecule has 4 nitrogen and oxygen atoms in total. The van der Waals surface area contributed by atoms with Crippen LogP contribution in [0.5, 0.6) is 0 Å². The van der Waals surface area contributed by atoms with Crippen LogP contribution < -0.4 is 5.32 Å². The Bertz CT molecular complexity index is 805. The molecule has 0 saturated heterocycles. The summed E-state index contributed by atoms with van der Waals surface area (Å²) in [5.41, 5.74) is 3.96. The maximum absolute atomic E-state index is 11.4. The van der Waals surface area contributed by atoms with Crippen LogP contribution in [-0.4, -0.2) is 16.1 Å². The summed E-state index contributed by atoms with van der Waals surface area (Å²) in [6, 6.07) is 10.0. The number of carbonyl (C=O) groups is 1. The van der Waals surface area contributed by atoms with Crippen LogP contribution in [0.4, 0.5) is 5.69 Å². The summed E-state index contributed by atoms with van der Waals surface area (Å²) in [4.78, 5) is 15.7. The summed E-state index contributed by atoms with van der Waals surface area (Å²) in [5.74, 6) is 1.62. The Morgan fingerprint density at radius 2 is 2.08 bits per heavy atom. The molecule has 2 fully saturated rings. The van der Waals surface area contributed by atoms with Gasteiger partial charge in [-0.25, -0.2) is 4.79 Å². The van der Waals surface area contributed by atoms with Gasteiger partial charge < -0.3 is 10.4 Å². The highest BCUT2D eigenvalue weighted by Crippen LogP contribution is 2.63. The third-order valence-corrected chi connectivity index (χ3v) is 6.38. The summed E-state index contributed by atoms with van der Waals surface area (Å²) in [5, 5.41) is 13.1. The van der Waals surface area contributed by atoms with Crippen molar-refractivity contribution in [3.63, 3.8) is 0 Å². The van der Waals surface area contributed by atoms with Crippen LogP contribution in [-0.2, 0) is 0 Å². The smallest absolute Gasteiger partial charge is 0.335 e. The molecule has 0 amide bonds. The molecule has 2 heterocycles. The third kappa shape index (κ3) is 1.92. The normalized spacial score (nSPS) is 32.8. The number of carboxylic acids is 1. The van der Waals surface area contributed by atoms with E-state index in [0.717, 1.165) is 11.6 Å². The molecule has 0 radical (unpaired) electrons. The Labute approximate surface area is 140 Å². The zero-order chi connectivity index (χ0) is 16.3. The van der Waals surface area contributed by atoms with Crippen LogP contribution in [0.15, 0.2) is 42.7 Å². The summed E-state index contributed by atoms with van der Waals surface area (Å²) < 4.78 is 0. The number of aromatic carboxylic acids is 1. The van der Waals surface area contributed by atoms with E-state index in [1.54, 1.807) is 6.07 Å². The molecule has 5 atom stereocenters. The molecule has 2 aromatic rings. The fourth-order valence-corrected chi connectivity index (χ4v) is 5.51. The molecule has 1 aromatic carbocycles. The van der Waals surface area contributed by atoms with E-state index in [9.17, 15) is 9.90 Å². The van der Waals surface area contributed by atoms with Gasteiger partial charge in [0.2, 0.25) is 0 Å². The first-order chi connectivity index (χ1) is 11.7. The quantitative estimate of drug-likeness (QED) is 0.875. The number of hydrogen-bond donors (Lipinski definition) is 2. The monoisotopic (exact) mass is 320 g/mol. The Balaban J connectivity index is 1.64. The summed E-state index contributed by atoms with van der Waals surface area (Å²) >= 11 is 0. The van der Waals surface area contributed by atoms with Crippen LogP contribution in [0.1, 0.15) is 52.7 Å². The van der Waals surface area contributed by atoms with Crippen LogP contribution >= 0.6 is 0 Å². The van der Waals surface area contributed by atoms with E-state index in [-0.39, 0.29) is 6.04 Å². The van der Waals surface area contributed by atoms with Gasteiger partial charge in [-0.15, -0.1) is 0 Å². The van der Waals surface area contributed by atoms with Gasteiger partial charge in [-0.1, -0.05) is 6.07 Å². The molecule has 3 aliphatic rings. The molecular formula is C20H20N2O2. The predicted molar refractivity (Wildman–Crippen MR) is 91.1 cm³/mol. The van der Waals surface area contributed by atoms with Gasteiger partial charge in [-0.05, 0) is 78.3 Å². The highest BCUT2D eigenvalue weighted by atomic mass is 16.4. The summed E-state index contributed by atoms with van der Waals surface area (Å²) in [7, 11) is 0. The molecule has 2 saturated carbocycles. The van der Waals surface area contributed by atoms with Gasteiger partial charge in [0.1, 0.15) is 0 Å². The number of nitrogens with one attached hydrogen (secondary N) is 1. The van der Waals surface area contributed by atoms with E-state index < -0.39 is 5.97 Å². The Hall–Kier alpha value is -2.36. The summed E-state index contributed by atoms with van der Waals surface area (Å²) in [6.07, 6.45) is 7.65. The molecular weight excluding hydrogens is 300 g/mol. The van der Waals surface area contributed by atoms with Gasteiger partial charge in [0.25, 0.3) is 0 Å². The molecule has 0 unspecified atom stereocenters. The molecule has 24 heavy (non-hydrogen) atoms. The molecule has 2 aliphatic carbocycles. The van der Waals surface area contributed by atoms with E-state index in [1.165, 1.54) is 30.4 Å². The number of benzene rings is 1. The number of anilines is 1. The first-order valence-corrected chi connectivity index (χ1v) is 8.76. The zero-order valence-corrected chi connectivity index (χ0v) is 13.4. The lowest BCUT2D eigenvalue weighted by Crippen LogP contribution is -2.35. The standard InChI is InChI=1S/C20H20N2O2/c23-20(24)13-5-6-16-15(9-13)17-11-3-4-12(8-11)18(17)19(22-16)14-2-1-7-21-10-14/h1-2,5-7,9-12,17-19,22H,3-4,8H2,(H,23,24)/t11-,12-,17-,18+,19+/m0/s1. The van der Waals surface area contributed by atoms with Crippen LogP contribution in [0.2, 0.25) is 0 Å². The fraction of sp³-hybridized carbons (Fsp3) is 0.400. The van der Waals surface area contributed by atoms with Gasteiger partial charge in [0.05, 0.1) is 11.6 Å². The second-order valence-electron chi connectivity index (χ2n) is 7.45. The number of nitrogens with zero attached hydrogens (tertiary/aromatic N) is 1. The first-order valence-electron chi connectivity index (χ1n) is 8.76. The Morgan fingerprint density at radius 1 is 1.21 bits per heavy atom. The van der Waals surface area contributed by atoms with Crippen molar-refractivity contribution in [3.8, 4) is 0 Å². The number of aromatic nitrogens is 1. The minimum atomic E-state index is -0.841. The molecule has 0 spiro atoms. The van der Waals surface area contributed by atoms with Crippen LogP contribution in [0.3, 0.4) is 0 Å². The van der Waals surface area contributed by atoms with Gasteiger partial charge in [-0.2, -0.15) is 0 Å². The number of fused-ring (bicyclic) bond motifs is 7. The maximum Gasteiger partial charge on any atom is 0.335 e. The van der Waals surface area contributed by atoms with Crippen molar-refractivity contribution in [3.05, 3.63) is 59.4 Å². The van der Waals surface area contributed by atoms with Crippen LogP contribution in [0, 0.1) is 17.8 Å². The fourth-order valence-electron chi connectivity index (χ4n) is 5.51. The largest absolute Gasteiger partial charge is 0.478 e. The zero-order valence-electron chi connectivity index (χ0n) is 13.4. The minimum Gasteiger partial charge on any atom is -0.478 e. The molecule has 4 heteroatoms. The average molecular weight is 320 g/mol. The number of carboxylic acid groups (broad SMARTS) is 1.